The van der Waals surface area contributed by atoms with Crippen molar-refractivity contribution in [2.75, 3.05) is 31.1 Å². The number of Topliss-reactive ketones (excluding diaryl/α,β-unsaturated/α-hetero) is 1. The van der Waals surface area contributed by atoms with E-state index in [0.29, 0.717) is 11.8 Å². The van der Waals surface area contributed by atoms with Crippen LogP contribution in [0.1, 0.15) is 26.2 Å². The summed E-state index contributed by atoms with van der Waals surface area (Å²) >= 11 is 0. The van der Waals surface area contributed by atoms with E-state index in [2.05, 4.69) is 9.80 Å². The van der Waals surface area contributed by atoms with Crippen molar-refractivity contribution in [3.05, 3.63) is 30.1 Å². The van der Waals surface area contributed by atoms with Crippen LogP contribution >= 0.6 is 0 Å². The van der Waals surface area contributed by atoms with Gasteiger partial charge in [0.25, 0.3) is 0 Å². The van der Waals surface area contributed by atoms with Gasteiger partial charge in [-0.2, -0.15) is 0 Å². The van der Waals surface area contributed by atoms with Crippen LogP contribution < -0.4 is 4.90 Å². The number of benzene rings is 1. The molecule has 1 aliphatic heterocycles. The molecular weight excluding hydrogens is 267 g/mol. The van der Waals surface area contributed by atoms with Crippen molar-refractivity contribution in [3.63, 3.8) is 0 Å². The molecule has 0 bridgehead atoms. The molecule has 2 fully saturated rings. The minimum absolute atomic E-state index is 0.182. The number of rotatable bonds is 3. The van der Waals surface area contributed by atoms with Crippen LogP contribution in [0.5, 0.6) is 0 Å². The van der Waals surface area contributed by atoms with Crippen LogP contribution in [0.4, 0.5) is 10.1 Å². The molecule has 114 valence electrons. The van der Waals surface area contributed by atoms with Gasteiger partial charge in [-0.1, -0.05) is 0 Å². The number of carbonyl (C=O) groups excluding carboxylic acids is 1. The Bertz CT molecular complexity index is 494. The van der Waals surface area contributed by atoms with E-state index in [1.54, 1.807) is 6.92 Å². The van der Waals surface area contributed by atoms with Crippen LogP contribution in [-0.4, -0.2) is 42.9 Å². The van der Waals surface area contributed by atoms with E-state index < -0.39 is 0 Å². The van der Waals surface area contributed by atoms with Crippen LogP contribution in [-0.2, 0) is 4.79 Å². The van der Waals surface area contributed by atoms with E-state index in [9.17, 15) is 9.18 Å². The number of ketones is 1. The highest BCUT2D eigenvalue weighted by molar-refractivity contribution is 5.78. The Morgan fingerprint density at radius 2 is 1.76 bits per heavy atom. The highest BCUT2D eigenvalue weighted by Crippen LogP contribution is 2.31. The molecule has 0 aromatic heterocycles. The van der Waals surface area contributed by atoms with Crippen LogP contribution in [0, 0.1) is 11.7 Å². The first-order valence-corrected chi connectivity index (χ1v) is 7.88. The van der Waals surface area contributed by atoms with Crippen molar-refractivity contribution in [3.8, 4) is 0 Å². The van der Waals surface area contributed by atoms with Gasteiger partial charge in [-0.3, -0.25) is 9.69 Å². The Morgan fingerprint density at radius 3 is 2.33 bits per heavy atom. The van der Waals surface area contributed by atoms with E-state index in [-0.39, 0.29) is 11.7 Å². The summed E-state index contributed by atoms with van der Waals surface area (Å²) in [5, 5.41) is 0. The third-order valence-electron chi connectivity index (χ3n) is 5.00. The fourth-order valence-electron chi connectivity index (χ4n) is 3.66. The zero-order valence-electron chi connectivity index (χ0n) is 12.6. The van der Waals surface area contributed by atoms with Gasteiger partial charge in [-0.15, -0.1) is 0 Å². The maximum Gasteiger partial charge on any atom is 0.132 e. The van der Waals surface area contributed by atoms with Crippen molar-refractivity contribution in [2.24, 2.45) is 5.92 Å². The summed E-state index contributed by atoms with van der Waals surface area (Å²) in [7, 11) is 0. The van der Waals surface area contributed by atoms with E-state index in [1.165, 1.54) is 12.1 Å². The van der Waals surface area contributed by atoms with Gasteiger partial charge in [0.1, 0.15) is 11.6 Å². The van der Waals surface area contributed by atoms with Crippen molar-refractivity contribution in [1.29, 1.82) is 0 Å². The number of nitrogens with zero attached hydrogens (tertiary/aromatic N) is 2. The summed E-state index contributed by atoms with van der Waals surface area (Å²) in [6.07, 6.45) is 3.24. The van der Waals surface area contributed by atoms with E-state index >= 15 is 0 Å². The van der Waals surface area contributed by atoms with E-state index in [0.717, 1.165) is 51.1 Å². The number of anilines is 1. The van der Waals surface area contributed by atoms with Gasteiger partial charge >= 0.3 is 0 Å². The van der Waals surface area contributed by atoms with Gasteiger partial charge in [0.2, 0.25) is 0 Å². The maximum atomic E-state index is 13.0. The normalized spacial score (nSPS) is 27.0. The molecule has 1 saturated heterocycles. The molecule has 4 heteroatoms. The zero-order chi connectivity index (χ0) is 14.8. The fourth-order valence-corrected chi connectivity index (χ4v) is 3.66. The smallest absolute Gasteiger partial charge is 0.132 e. The molecular formula is C17H23FN2O. The molecule has 1 heterocycles. The van der Waals surface area contributed by atoms with Crippen LogP contribution in [0.3, 0.4) is 0 Å². The molecule has 21 heavy (non-hydrogen) atoms. The first-order chi connectivity index (χ1) is 10.1. The first kappa shape index (κ1) is 14.5. The second-order valence-corrected chi connectivity index (χ2v) is 6.27. The van der Waals surface area contributed by atoms with Gasteiger partial charge in [0, 0.05) is 43.8 Å². The van der Waals surface area contributed by atoms with Crippen molar-refractivity contribution >= 4 is 11.5 Å². The number of hydrogen-bond acceptors (Lipinski definition) is 3. The molecule has 1 aliphatic carbocycles. The zero-order valence-corrected chi connectivity index (χ0v) is 12.6. The molecule has 0 amide bonds. The summed E-state index contributed by atoms with van der Waals surface area (Å²) < 4.78 is 13.0. The number of carbonyl (C=O) groups is 1. The molecule has 3 nitrogen and oxygen atoms in total. The number of piperazine rings is 1. The first-order valence-electron chi connectivity index (χ1n) is 7.88. The highest BCUT2D eigenvalue weighted by Gasteiger charge is 2.32. The molecule has 1 saturated carbocycles. The Balaban J connectivity index is 1.53. The lowest BCUT2D eigenvalue weighted by Crippen LogP contribution is -2.49. The lowest BCUT2D eigenvalue weighted by molar-refractivity contribution is -0.120. The molecule has 1 aromatic rings. The van der Waals surface area contributed by atoms with Crippen molar-refractivity contribution < 1.29 is 9.18 Å². The third kappa shape index (κ3) is 3.26. The van der Waals surface area contributed by atoms with E-state index in [4.69, 9.17) is 0 Å². The SMILES string of the molecule is CC(=O)[C@H]1CC[C@H](N2CCN(c3ccc(F)cc3)CC2)C1. The largest absolute Gasteiger partial charge is 0.369 e. The number of hydrogen-bond donors (Lipinski definition) is 0. The van der Waals surface area contributed by atoms with Gasteiger partial charge in [0.15, 0.2) is 0 Å². The van der Waals surface area contributed by atoms with Gasteiger partial charge in [-0.05, 0) is 50.5 Å². The van der Waals surface area contributed by atoms with Gasteiger partial charge in [-0.25, -0.2) is 4.39 Å². The average Bonchev–Trinajstić information content (AvgIpc) is 2.98. The maximum absolute atomic E-state index is 13.0. The minimum Gasteiger partial charge on any atom is -0.369 e. The van der Waals surface area contributed by atoms with Gasteiger partial charge in [0.05, 0.1) is 0 Å². The molecule has 2 aliphatic rings. The summed E-state index contributed by atoms with van der Waals surface area (Å²) in [5.74, 6) is 0.450. The van der Waals surface area contributed by atoms with E-state index in [1.807, 2.05) is 12.1 Å². The molecule has 1 aromatic carbocycles. The average molecular weight is 290 g/mol. The second-order valence-electron chi connectivity index (χ2n) is 6.27. The quantitative estimate of drug-likeness (QED) is 0.855. The molecule has 0 radical (unpaired) electrons. The van der Waals surface area contributed by atoms with Crippen molar-refractivity contribution in [1.82, 2.24) is 4.90 Å². The lowest BCUT2D eigenvalue weighted by atomic mass is 10.0. The standard InChI is InChI=1S/C17H23FN2O/c1-13(21)14-2-5-17(12-14)20-10-8-19(9-11-20)16-6-3-15(18)4-7-16/h3-4,6-7,14,17H,2,5,8-12H2,1H3/t14-,17-/m0/s1. The Labute approximate surface area is 125 Å². The Morgan fingerprint density at radius 1 is 1.10 bits per heavy atom. The summed E-state index contributed by atoms with van der Waals surface area (Å²) in [6.45, 7) is 5.75. The molecule has 0 unspecified atom stereocenters. The summed E-state index contributed by atoms with van der Waals surface area (Å²) in [4.78, 5) is 16.3. The predicted molar refractivity (Wildman–Crippen MR) is 82.0 cm³/mol. The van der Waals surface area contributed by atoms with Crippen molar-refractivity contribution in [2.45, 2.75) is 32.2 Å². The minimum atomic E-state index is -0.182. The summed E-state index contributed by atoms with van der Waals surface area (Å²) in [6, 6.07) is 7.33. The Hall–Kier alpha value is -1.42. The van der Waals surface area contributed by atoms with Crippen LogP contribution in [0.2, 0.25) is 0 Å². The lowest BCUT2D eigenvalue weighted by Gasteiger charge is -2.39. The molecule has 0 N–H and O–H groups in total. The predicted octanol–water partition coefficient (Wildman–Crippen LogP) is 2.71. The molecule has 0 spiro atoms. The molecule has 2 atom stereocenters. The van der Waals surface area contributed by atoms with Crippen LogP contribution in [0.15, 0.2) is 24.3 Å². The topological polar surface area (TPSA) is 23.6 Å². The Kier molecular flexibility index (Phi) is 4.24. The van der Waals surface area contributed by atoms with Gasteiger partial charge < -0.3 is 4.90 Å². The molecule has 3 rings (SSSR count). The highest BCUT2D eigenvalue weighted by atomic mass is 19.1. The number of halogens is 1. The summed E-state index contributed by atoms with van der Waals surface area (Å²) in [5.41, 5.74) is 1.10. The fraction of sp³-hybridized carbons (Fsp3) is 0.588. The second kappa shape index (κ2) is 6.14. The third-order valence-corrected chi connectivity index (χ3v) is 5.00. The van der Waals surface area contributed by atoms with Crippen LogP contribution in [0.25, 0.3) is 0 Å². The monoisotopic (exact) mass is 290 g/mol.